The summed E-state index contributed by atoms with van der Waals surface area (Å²) < 4.78 is 16.0. The highest BCUT2D eigenvalue weighted by molar-refractivity contribution is 8.27. The molecule has 0 radical (unpaired) electrons. The number of nitrogens with zero attached hydrogens (tertiary/aromatic N) is 5. The van der Waals surface area contributed by atoms with Crippen LogP contribution in [0.5, 0.6) is 17.5 Å². The van der Waals surface area contributed by atoms with Gasteiger partial charge >= 0.3 is 11.7 Å². The van der Waals surface area contributed by atoms with E-state index < -0.39 is 11.2 Å². The Balaban J connectivity index is 1.38. The molecule has 0 aliphatic carbocycles. The van der Waals surface area contributed by atoms with Crippen molar-refractivity contribution < 1.29 is 14.3 Å². The minimum absolute atomic E-state index is 0.0103. The van der Waals surface area contributed by atoms with Gasteiger partial charge in [0.15, 0.2) is 27.0 Å². The Morgan fingerprint density at radius 3 is 2.28 bits per heavy atom. The number of aryl methyl sites for hydroxylation is 1. The summed E-state index contributed by atoms with van der Waals surface area (Å²) in [5, 5.41) is 1.55. The molecule has 1 saturated heterocycles. The zero-order valence-electron chi connectivity index (χ0n) is 24.6. The highest BCUT2D eigenvalue weighted by atomic mass is 35.5. The molecule has 1 amide bonds. The number of fused-ring (bicyclic) bond motifs is 1. The maximum absolute atomic E-state index is 13.4. The SMILES string of the molecule is COc1cc(C=C2SC(=S)N(c3ccc(Cl)cc3Cl)C2=O)ccc1Oc1nc2c(c(=O)n(C)c(=O)n2C)n1Cc1ccc(Cl)cc1Cl. The fourth-order valence-electron chi connectivity index (χ4n) is 4.92. The first-order valence-electron chi connectivity index (χ1n) is 13.6. The van der Waals surface area contributed by atoms with Gasteiger partial charge in [0.1, 0.15) is 0 Å². The number of methoxy groups -OCH3 is 1. The summed E-state index contributed by atoms with van der Waals surface area (Å²) in [5.74, 6) is 0.218. The van der Waals surface area contributed by atoms with Crippen LogP contribution in [0.2, 0.25) is 20.1 Å². The van der Waals surface area contributed by atoms with E-state index in [4.69, 9.17) is 68.1 Å². The Morgan fingerprint density at radius 2 is 1.60 bits per heavy atom. The minimum Gasteiger partial charge on any atom is -0.493 e. The number of halogens is 4. The number of amides is 1. The molecule has 0 spiro atoms. The Kier molecular flexibility index (Phi) is 9.18. The highest BCUT2D eigenvalue weighted by Gasteiger charge is 2.34. The van der Waals surface area contributed by atoms with Crippen LogP contribution < -0.4 is 25.6 Å². The molecule has 0 bridgehead atoms. The van der Waals surface area contributed by atoms with E-state index in [1.54, 1.807) is 60.7 Å². The molecule has 3 aromatic carbocycles. The smallest absolute Gasteiger partial charge is 0.332 e. The lowest BCUT2D eigenvalue weighted by Crippen LogP contribution is -2.37. The molecule has 10 nitrogen and oxygen atoms in total. The molecule has 6 rings (SSSR count). The number of hydrogen-bond donors (Lipinski definition) is 0. The largest absolute Gasteiger partial charge is 0.493 e. The first-order chi connectivity index (χ1) is 22.4. The molecule has 3 heterocycles. The van der Waals surface area contributed by atoms with Crippen LogP contribution in [-0.4, -0.2) is 36.0 Å². The molecule has 2 aromatic heterocycles. The zero-order chi connectivity index (χ0) is 33.7. The summed E-state index contributed by atoms with van der Waals surface area (Å²) in [7, 11) is 4.36. The van der Waals surface area contributed by atoms with Crippen LogP contribution in [-0.2, 0) is 25.4 Å². The molecule has 1 aliphatic rings. The average Bonchev–Trinajstić information content (AvgIpc) is 3.52. The van der Waals surface area contributed by atoms with Crippen molar-refractivity contribution in [1.82, 2.24) is 18.7 Å². The van der Waals surface area contributed by atoms with Crippen molar-refractivity contribution in [2.24, 2.45) is 14.1 Å². The van der Waals surface area contributed by atoms with Crippen LogP contribution >= 0.6 is 70.4 Å². The van der Waals surface area contributed by atoms with Crippen LogP contribution in [0.1, 0.15) is 11.1 Å². The van der Waals surface area contributed by atoms with Crippen molar-refractivity contribution in [3.8, 4) is 17.5 Å². The predicted molar refractivity (Wildman–Crippen MR) is 191 cm³/mol. The third kappa shape index (κ3) is 6.17. The highest BCUT2D eigenvalue weighted by Crippen LogP contribution is 2.41. The van der Waals surface area contributed by atoms with E-state index >= 15 is 0 Å². The lowest BCUT2D eigenvalue weighted by molar-refractivity contribution is -0.113. The molecule has 0 unspecified atom stereocenters. The van der Waals surface area contributed by atoms with Crippen LogP contribution in [0.3, 0.4) is 0 Å². The number of aromatic nitrogens is 4. The number of imidazole rings is 1. The third-order valence-corrected chi connectivity index (χ3v) is 9.71. The number of ether oxygens (including phenoxy) is 2. The fourth-order valence-corrected chi connectivity index (χ4v) is 7.16. The van der Waals surface area contributed by atoms with Gasteiger partial charge in [0.2, 0.25) is 0 Å². The van der Waals surface area contributed by atoms with E-state index in [-0.39, 0.29) is 35.4 Å². The van der Waals surface area contributed by atoms with Gasteiger partial charge in [0, 0.05) is 29.2 Å². The first kappa shape index (κ1) is 33.1. The molecule has 240 valence electrons. The van der Waals surface area contributed by atoms with Gasteiger partial charge in [0.25, 0.3) is 11.5 Å². The van der Waals surface area contributed by atoms with Crippen molar-refractivity contribution in [2.75, 3.05) is 12.0 Å². The van der Waals surface area contributed by atoms with Crippen LogP contribution in [0, 0.1) is 0 Å². The van der Waals surface area contributed by atoms with Gasteiger partial charge in [-0.3, -0.25) is 28.2 Å². The molecule has 0 N–H and O–H groups in total. The Bertz CT molecular complexity index is 2300. The summed E-state index contributed by atoms with van der Waals surface area (Å²) >= 11 is 31.6. The third-order valence-electron chi connectivity index (χ3n) is 7.29. The normalized spacial score (nSPS) is 14.1. The van der Waals surface area contributed by atoms with Gasteiger partial charge in [-0.2, -0.15) is 4.98 Å². The van der Waals surface area contributed by atoms with E-state index in [0.29, 0.717) is 51.9 Å². The van der Waals surface area contributed by atoms with Crippen LogP contribution in [0.15, 0.2) is 69.1 Å². The van der Waals surface area contributed by atoms with Crippen molar-refractivity contribution in [3.05, 3.63) is 112 Å². The first-order valence-corrected chi connectivity index (χ1v) is 16.3. The summed E-state index contributed by atoms with van der Waals surface area (Å²) in [4.78, 5) is 45.7. The van der Waals surface area contributed by atoms with Crippen molar-refractivity contribution in [3.63, 3.8) is 0 Å². The van der Waals surface area contributed by atoms with Crippen molar-refractivity contribution in [2.45, 2.75) is 6.54 Å². The predicted octanol–water partition coefficient (Wildman–Crippen LogP) is 7.30. The summed E-state index contributed by atoms with van der Waals surface area (Å²) in [6.07, 6.45) is 1.67. The molecule has 1 aliphatic heterocycles. The number of thiocarbonyl (C=S) groups is 1. The second kappa shape index (κ2) is 13.0. The second-order valence-electron chi connectivity index (χ2n) is 10.2. The number of carbonyl (C=O) groups is 1. The van der Waals surface area contributed by atoms with Gasteiger partial charge in [-0.1, -0.05) is 82.5 Å². The molecule has 5 aromatic rings. The fraction of sp³-hybridized carbons (Fsp3) is 0.129. The van der Waals surface area contributed by atoms with Gasteiger partial charge < -0.3 is 9.47 Å². The number of carbonyl (C=O) groups excluding carboxylic acids is 1. The van der Waals surface area contributed by atoms with Gasteiger partial charge in [-0.15, -0.1) is 0 Å². The van der Waals surface area contributed by atoms with E-state index in [1.807, 2.05) is 0 Å². The maximum Gasteiger partial charge on any atom is 0.332 e. The number of thioether (sulfide) groups is 1. The lowest BCUT2D eigenvalue weighted by Gasteiger charge is -2.16. The van der Waals surface area contributed by atoms with E-state index in [9.17, 15) is 14.4 Å². The number of anilines is 1. The molecular formula is C31H21Cl4N5O5S2. The Labute approximate surface area is 296 Å². The van der Waals surface area contributed by atoms with Gasteiger partial charge in [-0.25, -0.2) is 4.79 Å². The quantitative estimate of drug-likeness (QED) is 0.126. The molecule has 0 atom stereocenters. The molecule has 1 fully saturated rings. The van der Waals surface area contributed by atoms with E-state index in [2.05, 4.69) is 4.98 Å². The molecule has 0 saturated carbocycles. The second-order valence-corrected chi connectivity index (χ2v) is 13.6. The van der Waals surface area contributed by atoms with Crippen LogP contribution in [0.25, 0.3) is 17.2 Å². The average molecular weight is 749 g/mol. The molecular weight excluding hydrogens is 728 g/mol. The minimum atomic E-state index is -0.560. The van der Waals surface area contributed by atoms with Gasteiger partial charge in [0.05, 0.1) is 29.3 Å². The monoisotopic (exact) mass is 747 g/mol. The number of hydrogen-bond acceptors (Lipinski definition) is 8. The lowest BCUT2D eigenvalue weighted by atomic mass is 10.2. The summed E-state index contributed by atoms with van der Waals surface area (Å²) in [6, 6.07) is 14.8. The maximum atomic E-state index is 13.4. The molecule has 16 heteroatoms. The molecule has 47 heavy (non-hydrogen) atoms. The summed E-state index contributed by atoms with van der Waals surface area (Å²) in [6.45, 7) is 0.0785. The van der Waals surface area contributed by atoms with Crippen molar-refractivity contribution >= 4 is 104 Å². The van der Waals surface area contributed by atoms with Crippen LogP contribution in [0.4, 0.5) is 5.69 Å². The summed E-state index contributed by atoms with van der Waals surface area (Å²) in [5.41, 5.74) is 0.832. The van der Waals surface area contributed by atoms with Crippen molar-refractivity contribution in [1.29, 1.82) is 0 Å². The topological polar surface area (TPSA) is 101 Å². The standard InChI is InChI=1S/C31H21Cl4N5O5S2/c1-37-26-25(28(42)38(2)30(37)43)39(14-16-5-6-17(32)12-19(16)34)29(36-26)45-22-9-4-15(10-23(22)44-3)11-24-27(41)40(31(46)47-24)21-8-7-18(33)13-20(21)35/h4-13H,14H2,1-3H3. The Hall–Kier alpha value is -3.78. The zero-order valence-corrected chi connectivity index (χ0v) is 29.2. The number of benzene rings is 3. The van der Waals surface area contributed by atoms with E-state index in [0.717, 1.165) is 16.3 Å². The van der Waals surface area contributed by atoms with E-state index in [1.165, 1.54) is 35.2 Å². The Morgan fingerprint density at radius 1 is 0.894 bits per heavy atom. The number of rotatable bonds is 7. The van der Waals surface area contributed by atoms with Gasteiger partial charge in [-0.05, 0) is 59.7 Å².